The van der Waals surface area contributed by atoms with Crippen LogP contribution in [-0.4, -0.2) is 48.2 Å². The highest BCUT2D eigenvalue weighted by Gasteiger charge is 2.65. The van der Waals surface area contributed by atoms with Crippen LogP contribution < -0.4 is 5.32 Å². The Morgan fingerprint density at radius 2 is 2.10 bits per heavy atom. The molecule has 2 aliphatic rings. The molecule has 0 radical (unpaired) electrons. The van der Waals surface area contributed by atoms with E-state index in [4.69, 9.17) is 0 Å². The molecule has 2 aliphatic carbocycles. The molecule has 0 saturated heterocycles. The average Bonchev–Trinajstić information content (AvgIpc) is 3.14. The van der Waals surface area contributed by atoms with Crippen LogP contribution in [0.4, 0.5) is 5.13 Å². The largest absolute Gasteiger partial charge is 0.301 e. The highest BCUT2D eigenvalue weighted by atomic mass is 32.2. The van der Waals surface area contributed by atoms with Gasteiger partial charge in [-0.2, -0.15) is 4.31 Å². The van der Waals surface area contributed by atoms with E-state index in [1.165, 1.54) is 15.6 Å². The maximum Gasteiger partial charge on any atom is 0.241 e. The molecule has 9 heteroatoms. The van der Waals surface area contributed by atoms with E-state index >= 15 is 0 Å². The predicted octanol–water partition coefficient (Wildman–Crippen LogP) is 3.07. The summed E-state index contributed by atoms with van der Waals surface area (Å²) >= 11 is 1.34. The lowest BCUT2D eigenvalue weighted by molar-refractivity contribution is -0.128. The lowest BCUT2D eigenvalue weighted by Crippen LogP contribution is -2.49. The maximum atomic E-state index is 13.4. The van der Waals surface area contributed by atoms with Gasteiger partial charge in [0, 0.05) is 29.5 Å². The molecule has 0 aliphatic heterocycles. The zero-order valence-electron chi connectivity index (χ0n) is 17.8. The Morgan fingerprint density at radius 3 is 2.59 bits per heavy atom. The lowest BCUT2D eigenvalue weighted by Gasteiger charge is -2.37. The number of rotatable bonds is 8. The van der Waals surface area contributed by atoms with Gasteiger partial charge in [-0.3, -0.25) is 9.59 Å². The number of Topliss-reactive ketones (excluding diaryl/α,β-unsaturated/α-hetero) is 1. The summed E-state index contributed by atoms with van der Waals surface area (Å²) in [6.45, 7) is 9.73. The van der Waals surface area contributed by atoms with E-state index in [1.807, 2.05) is 34.6 Å². The highest BCUT2D eigenvalue weighted by molar-refractivity contribution is 7.89. The first-order valence-corrected chi connectivity index (χ1v) is 12.5. The van der Waals surface area contributed by atoms with Crippen molar-refractivity contribution in [1.29, 1.82) is 0 Å². The van der Waals surface area contributed by atoms with Gasteiger partial charge in [-0.05, 0) is 37.0 Å². The number of amides is 1. The second kappa shape index (κ2) is 7.74. The minimum atomic E-state index is -3.80. The molecule has 162 valence electrons. The summed E-state index contributed by atoms with van der Waals surface area (Å²) in [4.78, 5) is 30.4. The first kappa shape index (κ1) is 22.4. The van der Waals surface area contributed by atoms with Gasteiger partial charge in [-0.1, -0.05) is 27.7 Å². The number of thiazole rings is 1. The molecule has 2 unspecified atom stereocenters. The van der Waals surface area contributed by atoms with E-state index in [-0.39, 0.29) is 41.9 Å². The summed E-state index contributed by atoms with van der Waals surface area (Å²) in [5.74, 6) is -0.253. The molecule has 3 rings (SSSR count). The van der Waals surface area contributed by atoms with Gasteiger partial charge in [-0.15, -0.1) is 11.3 Å². The Kier molecular flexibility index (Phi) is 5.97. The molecule has 2 fully saturated rings. The van der Waals surface area contributed by atoms with Crippen LogP contribution in [0.25, 0.3) is 0 Å². The molecule has 2 atom stereocenters. The van der Waals surface area contributed by atoms with Gasteiger partial charge in [0.05, 0.1) is 12.3 Å². The van der Waals surface area contributed by atoms with Gasteiger partial charge in [-0.25, -0.2) is 13.4 Å². The third kappa shape index (κ3) is 4.14. The van der Waals surface area contributed by atoms with Crippen LogP contribution >= 0.6 is 11.3 Å². The fourth-order valence-corrected chi connectivity index (χ4v) is 7.93. The molecule has 1 aromatic rings. The van der Waals surface area contributed by atoms with Crippen LogP contribution in [-0.2, 0) is 19.6 Å². The van der Waals surface area contributed by atoms with Crippen molar-refractivity contribution in [2.24, 2.45) is 22.7 Å². The molecular formula is C20H31N3O4S2. The number of anilines is 1. The van der Waals surface area contributed by atoms with Crippen molar-refractivity contribution in [1.82, 2.24) is 9.29 Å². The molecule has 1 aromatic heterocycles. The second-order valence-electron chi connectivity index (χ2n) is 9.43. The van der Waals surface area contributed by atoms with E-state index < -0.39 is 21.3 Å². The predicted molar refractivity (Wildman–Crippen MR) is 114 cm³/mol. The SMILES string of the molecule is Cc1cnc(NC(=O)CN(CC(C)C)S(=O)(=O)CC23CCC(CC2=O)C3(C)C)s1. The zero-order valence-corrected chi connectivity index (χ0v) is 19.5. The Morgan fingerprint density at radius 1 is 1.41 bits per heavy atom. The number of hydrogen-bond donors (Lipinski definition) is 1. The summed E-state index contributed by atoms with van der Waals surface area (Å²) in [6.07, 6.45) is 3.63. The minimum Gasteiger partial charge on any atom is -0.301 e. The minimum absolute atomic E-state index is 0.0563. The van der Waals surface area contributed by atoms with Crippen LogP contribution in [0.2, 0.25) is 0 Å². The Balaban J connectivity index is 1.80. The van der Waals surface area contributed by atoms with Crippen molar-refractivity contribution < 1.29 is 18.0 Å². The Bertz CT molecular complexity index is 907. The van der Waals surface area contributed by atoms with Crippen molar-refractivity contribution >= 4 is 38.2 Å². The fourth-order valence-electron chi connectivity index (χ4n) is 4.93. The third-order valence-electron chi connectivity index (χ3n) is 6.72. The molecule has 1 amide bonds. The van der Waals surface area contributed by atoms with Crippen LogP contribution in [0.1, 0.15) is 51.8 Å². The topological polar surface area (TPSA) is 96.4 Å². The van der Waals surface area contributed by atoms with E-state index in [0.717, 1.165) is 11.3 Å². The fraction of sp³-hybridized carbons (Fsp3) is 0.750. The van der Waals surface area contributed by atoms with Gasteiger partial charge < -0.3 is 5.32 Å². The number of carbonyl (C=O) groups is 2. The first-order chi connectivity index (χ1) is 13.4. The third-order valence-corrected chi connectivity index (χ3v) is 9.47. The molecular weight excluding hydrogens is 410 g/mol. The lowest BCUT2D eigenvalue weighted by atomic mass is 9.70. The van der Waals surface area contributed by atoms with Crippen molar-refractivity contribution in [3.63, 3.8) is 0 Å². The van der Waals surface area contributed by atoms with Gasteiger partial charge in [0.1, 0.15) is 5.78 Å². The molecule has 1 N–H and O–H groups in total. The van der Waals surface area contributed by atoms with Crippen LogP contribution in [0, 0.1) is 29.6 Å². The molecule has 7 nitrogen and oxygen atoms in total. The molecule has 0 spiro atoms. The van der Waals surface area contributed by atoms with E-state index in [0.29, 0.717) is 18.0 Å². The number of ketones is 1. The standard InChI is InChI=1S/C20H31N3O4S2/c1-13(2)10-23(11-17(25)22-18-21-9-14(3)28-18)29(26,27)12-20-7-6-15(8-16(20)24)19(20,4)5/h9,13,15H,6-8,10-12H2,1-5H3,(H,21,22,25). The van der Waals surface area contributed by atoms with Crippen molar-refractivity contribution in [2.45, 2.75) is 53.9 Å². The smallest absolute Gasteiger partial charge is 0.241 e. The number of nitrogens with one attached hydrogen (secondary N) is 1. The van der Waals surface area contributed by atoms with Crippen molar-refractivity contribution in [3.05, 3.63) is 11.1 Å². The Hall–Kier alpha value is -1.32. The van der Waals surface area contributed by atoms with Gasteiger partial charge in [0.15, 0.2) is 5.13 Å². The number of carbonyl (C=O) groups excluding carboxylic acids is 2. The van der Waals surface area contributed by atoms with E-state index in [2.05, 4.69) is 10.3 Å². The maximum absolute atomic E-state index is 13.4. The molecule has 0 aromatic carbocycles. The number of sulfonamides is 1. The molecule has 29 heavy (non-hydrogen) atoms. The summed E-state index contributed by atoms with van der Waals surface area (Å²) in [7, 11) is -3.80. The average molecular weight is 442 g/mol. The van der Waals surface area contributed by atoms with E-state index in [9.17, 15) is 18.0 Å². The quantitative estimate of drug-likeness (QED) is 0.669. The van der Waals surface area contributed by atoms with Crippen LogP contribution in [0.5, 0.6) is 0 Å². The van der Waals surface area contributed by atoms with Gasteiger partial charge >= 0.3 is 0 Å². The molecule has 2 saturated carbocycles. The summed E-state index contributed by atoms with van der Waals surface area (Å²) in [5, 5.41) is 3.14. The summed E-state index contributed by atoms with van der Waals surface area (Å²) in [5.41, 5.74) is -1.17. The number of aryl methyl sites for hydroxylation is 1. The first-order valence-electron chi connectivity index (χ1n) is 10.1. The van der Waals surface area contributed by atoms with Crippen molar-refractivity contribution in [2.75, 3.05) is 24.2 Å². The zero-order chi connectivity index (χ0) is 21.6. The summed E-state index contributed by atoms with van der Waals surface area (Å²) in [6, 6.07) is 0. The summed E-state index contributed by atoms with van der Waals surface area (Å²) < 4.78 is 28.1. The van der Waals surface area contributed by atoms with E-state index in [1.54, 1.807) is 6.20 Å². The highest BCUT2D eigenvalue weighted by Crippen LogP contribution is 2.64. The molecule has 2 bridgehead atoms. The van der Waals surface area contributed by atoms with Crippen LogP contribution in [0.3, 0.4) is 0 Å². The monoisotopic (exact) mass is 441 g/mol. The second-order valence-corrected chi connectivity index (χ2v) is 12.6. The Labute approximate surface area is 177 Å². The number of fused-ring (bicyclic) bond motifs is 2. The normalized spacial score (nSPS) is 25.9. The van der Waals surface area contributed by atoms with Gasteiger partial charge in [0.2, 0.25) is 15.9 Å². The van der Waals surface area contributed by atoms with Gasteiger partial charge in [0.25, 0.3) is 0 Å². The molecule has 1 heterocycles. The van der Waals surface area contributed by atoms with Crippen molar-refractivity contribution in [3.8, 4) is 0 Å². The number of aromatic nitrogens is 1. The number of nitrogens with zero attached hydrogens (tertiary/aromatic N) is 2. The van der Waals surface area contributed by atoms with Crippen LogP contribution in [0.15, 0.2) is 6.20 Å². The number of hydrogen-bond acceptors (Lipinski definition) is 6.